The van der Waals surface area contributed by atoms with E-state index in [0.717, 1.165) is 39.8 Å². The number of rotatable bonds is 6. The fourth-order valence-corrected chi connectivity index (χ4v) is 3.85. The van der Waals surface area contributed by atoms with Crippen LogP contribution < -0.4 is 5.73 Å². The number of nitrogen functional groups attached to an aromatic ring is 1. The van der Waals surface area contributed by atoms with Gasteiger partial charge in [0.1, 0.15) is 5.82 Å². The predicted molar refractivity (Wildman–Crippen MR) is 127 cm³/mol. The van der Waals surface area contributed by atoms with Crippen molar-refractivity contribution in [3.8, 4) is 23.1 Å². The van der Waals surface area contributed by atoms with Crippen LogP contribution in [0.1, 0.15) is 30.5 Å². The molecule has 5 heteroatoms. The summed E-state index contributed by atoms with van der Waals surface area (Å²) in [5.74, 6) is 6.85. The molecule has 0 bridgehead atoms. The van der Waals surface area contributed by atoms with Crippen LogP contribution in [-0.4, -0.2) is 16.2 Å². The van der Waals surface area contributed by atoms with Crippen LogP contribution in [0.3, 0.4) is 0 Å². The number of pyridine rings is 1. The molecule has 0 aliphatic carbocycles. The van der Waals surface area contributed by atoms with Gasteiger partial charge < -0.3 is 10.3 Å². The molecule has 0 saturated carbocycles. The van der Waals surface area contributed by atoms with Crippen molar-refractivity contribution in [2.24, 2.45) is 0 Å². The smallest absolute Gasteiger partial charge is 0.123 e. The van der Waals surface area contributed by atoms with Crippen molar-refractivity contribution in [1.29, 1.82) is 0 Å². The van der Waals surface area contributed by atoms with Crippen molar-refractivity contribution < 1.29 is 4.39 Å². The molecule has 0 unspecified atom stereocenters. The van der Waals surface area contributed by atoms with E-state index in [1.54, 1.807) is 6.07 Å². The number of alkyl halides is 1. The molecular formula is C26H23ClFN3. The highest BCUT2D eigenvalue weighted by Gasteiger charge is 2.14. The first kappa shape index (κ1) is 21.0. The number of benzene rings is 2. The van der Waals surface area contributed by atoms with Gasteiger partial charge in [0, 0.05) is 28.0 Å². The minimum absolute atomic E-state index is 0.288. The van der Waals surface area contributed by atoms with Gasteiger partial charge >= 0.3 is 0 Å². The predicted octanol–water partition coefficient (Wildman–Crippen LogP) is 6.48. The Balaban J connectivity index is 1.79. The highest BCUT2D eigenvalue weighted by atomic mass is 35.5. The van der Waals surface area contributed by atoms with Gasteiger partial charge in [-0.3, -0.25) is 4.39 Å². The lowest BCUT2D eigenvalue weighted by Crippen LogP contribution is -2.05. The summed E-state index contributed by atoms with van der Waals surface area (Å²) in [5.41, 5.74) is 10.7. The van der Waals surface area contributed by atoms with Gasteiger partial charge in [0.2, 0.25) is 0 Å². The van der Waals surface area contributed by atoms with Crippen LogP contribution in [0.15, 0.2) is 66.7 Å². The number of nitrogens with zero attached hydrogens (tertiary/aromatic N) is 2. The fraction of sp³-hybridized carbons (Fsp3) is 0.192. The molecule has 156 valence electrons. The monoisotopic (exact) mass is 431 g/mol. The zero-order chi connectivity index (χ0) is 21.6. The fourth-order valence-electron chi connectivity index (χ4n) is 3.62. The number of nitrogens with two attached hydrogens (primary N) is 1. The second-order valence-electron chi connectivity index (χ2n) is 7.37. The average Bonchev–Trinajstić information content (AvgIpc) is 3.11. The number of aromatic nitrogens is 2. The molecule has 2 aromatic heterocycles. The van der Waals surface area contributed by atoms with E-state index in [0.29, 0.717) is 30.2 Å². The molecule has 0 radical (unpaired) electrons. The lowest BCUT2D eigenvalue weighted by Gasteiger charge is -2.12. The van der Waals surface area contributed by atoms with E-state index in [-0.39, 0.29) is 6.67 Å². The van der Waals surface area contributed by atoms with Crippen LogP contribution in [0.4, 0.5) is 10.2 Å². The summed E-state index contributed by atoms with van der Waals surface area (Å²) in [4.78, 5) is 4.48. The molecule has 2 heterocycles. The van der Waals surface area contributed by atoms with E-state index in [2.05, 4.69) is 39.6 Å². The van der Waals surface area contributed by atoms with Crippen LogP contribution in [0.2, 0.25) is 5.02 Å². The maximum absolute atomic E-state index is 12.3. The lowest BCUT2D eigenvalue weighted by molar-refractivity contribution is 0.464. The average molecular weight is 432 g/mol. The topological polar surface area (TPSA) is 43.8 Å². The number of hydrogen-bond donors (Lipinski definition) is 1. The maximum Gasteiger partial charge on any atom is 0.123 e. The molecule has 0 fully saturated rings. The third-order valence-corrected chi connectivity index (χ3v) is 5.45. The first-order valence-electron chi connectivity index (χ1n) is 10.3. The number of fused-ring (bicyclic) bond motifs is 1. The SMILES string of the molecule is Nc1cccc(Cn2c(-c3ccccc3Cl)cc3ccc(C#CCCCCF)cc32)n1. The normalized spacial score (nSPS) is 10.8. The van der Waals surface area contributed by atoms with E-state index in [1.807, 2.05) is 42.5 Å². The molecule has 3 nitrogen and oxygen atoms in total. The molecule has 4 rings (SSSR count). The number of halogens is 2. The van der Waals surface area contributed by atoms with Gasteiger partial charge in [0.15, 0.2) is 0 Å². The van der Waals surface area contributed by atoms with Crippen LogP contribution in [0.25, 0.3) is 22.2 Å². The molecule has 4 aromatic rings. The molecule has 0 aliphatic rings. The van der Waals surface area contributed by atoms with E-state index in [4.69, 9.17) is 17.3 Å². The molecule has 0 atom stereocenters. The minimum atomic E-state index is -0.288. The van der Waals surface area contributed by atoms with Gasteiger partial charge in [-0.15, -0.1) is 0 Å². The summed E-state index contributed by atoms with van der Waals surface area (Å²) in [7, 11) is 0. The Morgan fingerprint density at radius 1 is 1.00 bits per heavy atom. The van der Waals surface area contributed by atoms with Crippen LogP contribution in [-0.2, 0) is 6.54 Å². The van der Waals surface area contributed by atoms with Gasteiger partial charge in [-0.2, -0.15) is 0 Å². The quantitative estimate of drug-likeness (QED) is 0.280. The largest absolute Gasteiger partial charge is 0.384 e. The molecule has 31 heavy (non-hydrogen) atoms. The van der Waals surface area contributed by atoms with Gasteiger partial charge in [-0.1, -0.05) is 53.8 Å². The summed E-state index contributed by atoms with van der Waals surface area (Å²) < 4.78 is 14.5. The highest BCUT2D eigenvalue weighted by Crippen LogP contribution is 2.33. The van der Waals surface area contributed by atoms with Gasteiger partial charge in [0.25, 0.3) is 0 Å². The molecule has 0 amide bonds. The molecule has 2 aromatic carbocycles. The highest BCUT2D eigenvalue weighted by molar-refractivity contribution is 6.33. The van der Waals surface area contributed by atoms with Crippen LogP contribution >= 0.6 is 11.6 Å². The van der Waals surface area contributed by atoms with Crippen molar-refractivity contribution in [3.05, 3.63) is 83.0 Å². The summed E-state index contributed by atoms with van der Waals surface area (Å²) in [6, 6.07) is 21.8. The molecule has 0 saturated heterocycles. The van der Waals surface area contributed by atoms with E-state index in [9.17, 15) is 4.39 Å². The Hall–Kier alpha value is -3.29. The van der Waals surface area contributed by atoms with Gasteiger partial charge in [-0.05, 0) is 49.2 Å². The second kappa shape index (κ2) is 9.68. The van der Waals surface area contributed by atoms with Crippen molar-refractivity contribution in [2.75, 3.05) is 12.4 Å². The van der Waals surface area contributed by atoms with Gasteiger partial charge in [0.05, 0.1) is 30.1 Å². The van der Waals surface area contributed by atoms with Crippen molar-refractivity contribution in [2.45, 2.75) is 25.8 Å². The summed E-state index contributed by atoms with van der Waals surface area (Å²) in [6.45, 7) is 0.270. The molecular weight excluding hydrogens is 409 g/mol. The Morgan fingerprint density at radius 2 is 1.87 bits per heavy atom. The van der Waals surface area contributed by atoms with Crippen molar-refractivity contribution in [1.82, 2.24) is 9.55 Å². The third-order valence-electron chi connectivity index (χ3n) is 5.12. The number of anilines is 1. The zero-order valence-corrected chi connectivity index (χ0v) is 17.9. The first-order chi connectivity index (χ1) is 15.2. The minimum Gasteiger partial charge on any atom is -0.384 e. The van der Waals surface area contributed by atoms with E-state index >= 15 is 0 Å². The second-order valence-corrected chi connectivity index (χ2v) is 7.78. The Bertz CT molecular complexity index is 1270. The standard InChI is InChI=1S/C26H23ClFN3/c27-23-11-5-4-10-22(23)25-17-20-14-13-19(8-3-1-2-6-15-28)16-24(20)31(25)18-21-9-7-12-26(29)30-21/h4-5,7,9-14,16-17H,1-2,6,15,18H2,(H2,29,30). The number of hydrogen-bond acceptors (Lipinski definition) is 2. The lowest BCUT2D eigenvalue weighted by atomic mass is 10.1. The Labute approximate surface area is 186 Å². The number of unbranched alkanes of at least 4 members (excludes halogenated alkanes) is 2. The van der Waals surface area contributed by atoms with Gasteiger partial charge in [-0.25, -0.2) is 4.98 Å². The molecule has 2 N–H and O–H groups in total. The Kier molecular flexibility index (Phi) is 6.54. The van der Waals surface area contributed by atoms with Crippen molar-refractivity contribution in [3.63, 3.8) is 0 Å². The summed E-state index contributed by atoms with van der Waals surface area (Å²) in [5, 5.41) is 1.79. The Morgan fingerprint density at radius 3 is 2.68 bits per heavy atom. The van der Waals surface area contributed by atoms with Crippen molar-refractivity contribution >= 4 is 28.3 Å². The first-order valence-corrected chi connectivity index (χ1v) is 10.7. The van der Waals surface area contributed by atoms with E-state index in [1.165, 1.54) is 0 Å². The third kappa shape index (κ3) is 4.90. The summed E-state index contributed by atoms with van der Waals surface area (Å²) in [6.07, 6.45) is 2.03. The molecule has 0 aliphatic heterocycles. The maximum atomic E-state index is 12.3. The van der Waals surface area contributed by atoms with Crippen LogP contribution in [0, 0.1) is 11.8 Å². The van der Waals surface area contributed by atoms with E-state index < -0.39 is 0 Å². The van der Waals surface area contributed by atoms with Crippen LogP contribution in [0.5, 0.6) is 0 Å². The summed E-state index contributed by atoms with van der Waals surface area (Å²) >= 11 is 6.53. The molecule has 0 spiro atoms. The zero-order valence-electron chi connectivity index (χ0n) is 17.1.